The molecule has 94 valence electrons. The van der Waals surface area contributed by atoms with E-state index in [1.165, 1.54) is 0 Å². The molecule has 1 amide bonds. The molecular weight excluding hydrogens is 218 g/mol. The van der Waals surface area contributed by atoms with Crippen LogP contribution in [0.5, 0.6) is 0 Å². The lowest BCUT2D eigenvalue weighted by molar-refractivity contribution is 0.0949. The minimum Gasteiger partial charge on any atom is -0.385 e. The van der Waals surface area contributed by atoms with Crippen LogP contribution in [0.2, 0.25) is 0 Å². The molecule has 0 fully saturated rings. The maximum absolute atomic E-state index is 11.9. The van der Waals surface area contributed by atoms with Crippen LogP contribution in [0.15, 0.2) is 18.5 Å². The first kappa shape index (κ1) is 13.4. The van der Waals surface area contributed by atoms with Gasteiger partial charge in [-0.25, -0.2) is 0 Å². The SMILES string of the molecule is CCNc1cnccc1C(=O)NCCCOC. The van der Waals surface area contributed by atoms with Crippen molar-refractivity contribution in [3.8, 4) is 0 Å². The van der Waals surface area contributed by atoms with Crippen LogP contribution in [0, 0.1) is 0 Å². The molecule has 1 rings (SSSR count). The van der Waals surface area contributed by atoms with Crippen LogP contribution < -0.4 is 10.6 Å². The molecule has 5 heteroatoms. The Labute approximate surface area is 102 Å². The predicted octanol–water partition coefficient (Wildman–Crippen LogP) is 1.28. The van der Waals surface area contributed by atoms with Gasteiger partial charge in [0, 0.05) is 33.0 Å². The van der Waals surface area contributed by atoms with Crippen LogP contribution in [0.3, 0.4) is 0 Å². The summed E-state index contributed by atoms with van der Waals surface area (Å²) in [6, 6.07) is 1.71. The number of hydrogen-bond donors (Lipinski definition) is 2. The molecule has 0 aliphatic heterocycles. The third-order valence-electron chi connectivity index (χ3n) is 2.24. The van der Waals surface area contributed by atoms with Crippen molar-refractivity contribution in [3.63, 3.8) is 0 Å². The Morgan fingerprint density at radius 3 is 3.06 bits per heavy atom. The van der Waals surface area contributed by atoms with Gasteiger partial charge in [-0.1, -0.05) is 0 Å². The number of rotatable bonds is 7. The van der Waals surface area contributed by atoms with E-state index >= 15 is 0 Å². The van der Waals surface area contributed by atoms with Crippen molar-refractivity contribution in [2.24, 2.45) is 0 Å². The van der Waals surface area contributed by atoms with Crippen LogP contribution in [-0.4, -0.2) is 37.7 Å². The fourth-order valence-electron chi connectivity index (χ4n) is 1.44. The first-order chi connectivity index (χ1) is 8.29. The van der Waals surface area contributed by atoms with Crippen molar-refractivity contribution in [2.75, 3.05) is 32.1 Å². The van der Waals surface area contributed by atoms with Crippen molar-refractivity contribution in [1.29, 1.82) is 0 Å². The molecule has 17 heavy (non-hydrogen) atoms. The molecule has 1 heterocycles. The lowest BCUT2D eigenvalue weighted by Gasteiger charge is -2.10. The first-order valence-corrected chi connectivity index (χ1v) is 5.74. The van der Waals surface area contributed by atoms with E-state index in [0.717, 1.165) is 18.7 Å². The molecule has 0 radical (unpaired) electrons. The number of nitrogens with one attached hydrogen (secondary N) is 2. The smallest absolute Gasteiger partial charge is 0.253 e. The summed E-state index contributed by atoms with van der Waals surface area (Å²) in [5, 5.41) is 5.96. The van der Waals surface area contributed by atoms with Gasteiger partial charge in [0.25, 0.3) is 5.91 Å². The summed E-state index contributed by atoms with van der Waals surface area (Å²) in [4.78, 5) is 15.9. The zero-order valence-electron chi connectivity index (χ0n) is 10.3. The number of carbonyl (C=O) groups is 1. The molecule has 0 unspecified atom stereocenters. The molecule has 0 atom stereocenters. The quantitative estimate of drug-likeness (QED) is 0.701. The van der Waals surface area contributed by atoms with E-state index in [1.807, 2.05) is 6.92 Å². The Kier molecular flexibility index (Phi) is 6.03. The Hall–Kier alpha value is -1.62. The highest BCUT2D eigenvalue weighted by Gasteiger charge is 2.09. The summed E-state index contributed by atoms with van der Waals surface area (Å²) >= 11 is 0. The standard InChI is InChI=1S/C12H19N3O2/c1-3-14-11-9-13-7-5-10(11)12(16)15-6-4-8-17-2/h5,7,9,14H,3-4,6,8H2,1-2H3,(H,15,16). The third kappa shape index (κ3) is 4.40. The maximum atomic E-state index is 11.9. The number of amides is 1. The predicted molar refractivity (Wildman–Crippen MR) is 67.2 cm³/mol. The summed E-state index contributed by atoms with van der Waals surface area (Å²) in [6.45, 7) is 4.00. The molecule has 1 aromatic heterocycles. The minimum absolute atomic E-state index is 0.0838. The number of hydrogen-bond acceptors (Lipinski definition) is 4. The zero-order chi connectivity index (χ0) is 12.5. The molecule has 0 saturated heterocycles. The zero-order valence-corrected chi connectivity index (χ0v) is 10.3. The van der Waals surface area contributed by atoms with Gasteiger partial charge in [-0.15, -0.1) is 0 Å². The number of carbonyl (C=O) groups excluding carboxylic acids is 1. The molecule has 0 aromatic carbocycles. The lowest BCUT2D eigenvalue weighted by atomic mass is 10.2. The molecule has 0 aliphatic rings. The number of ether oxygens (including phenoxy) is 1. The Morgan fingerprint density at radius 2 is 2.35 bits per heavy atom. The van der Waals surface area contributed by atoms with Crippen LogP contribution in [0.1, 0.15) is 23.7 Å². The number of methoxy groups -OCH3 is 1. The molecule has 5 nitrogen and oxygen atoms in total. The molecule has 0 spiro atoms. The molecule has 0 bridgehead atoms. The van der Waals surface area contributed by atoms with E-state index in [4.69, 9.17) is 4.74 Å². The normalized spacial score (nSPS) is 10.0. The lowest BCUT2D eigenvalue weighted by Crippen LogP contribution is -2.26. The van der Waals surface area contributed by atoms with Gasteiger partial charge in [-0.3, -0.25) is 9.78 Å². The van der Waals surface area contributed by atoms with Crippen molar-refractivity contribution in [1.82, 2.24) is 10.3 Å². The first-order valence-electron chi connectivity index (χ1n) is 5.74. The van der Waals surface area contributed by atoms with E-state index in [-0.39, 0.29) is 5.91 Å². The highest BCUT2D eigenvalue weighted by atomic mass is 16.5. The number of pyridine rings is 1. The van der Waals surface area contributed by atoms with E-state index < -0.39 is 0 Å². The summed E-state index contributed by atoms with van der Waals surface area (Å²) in [5.74, 6) is -0.0838. The van der Waals surface area contributed by atoms with Crippen LogP contribution in [0.4, 0.5) is 5.69 Å². The van der Waals surface area contributed by atoms with Crippen LogP contribution in [0.25, 0.3) is 0 Å². The van der Waals surface area contributed by atoms with Gasteiger partial charge in [0.05, 0.1) is 17.4 Å². The fourth-order valence-corrected chi connectivity index (χ4v) is 1.44. The van der Waals surface area contributed by atoms with Gasteiger partial charge in [0.1, 0.15) is 0 Å². The molecule has 0 aliphatic carbocycles. The van der Waals surface area contributed by atoms with E-state index in [1.54, 1.807) is 25.6 Å². The third-order valence-corrected chi connectivity index (χ3v) is 2.24. The van der Waals surface area contributed by atoms with E-state index in [0.29, 0.717) is 18.7 Å². The largest absolute Gasteiger partial charge is 0.385 e. The van der Waals surface area contributed by atoms with Crippen molar-refractivity contribution >= 4 is 11.6 Å². The summed E-state index contributed by atoms with van der Waals surface area (Å²) in [5.41, 5.74) is 1.39. The van der Waals surface area contributed by atoms with Crippen molar-refractivity contribution < 1.29 is 9.53 Å². The fraction of sp³-hybridized carbons (Fsp3) is 0.500. The van der Waals surface area contributed by atoms with E-state index in [9.17, 15) is 4.79 Å². The average Bonchev–Trinajstić information content (AvgIpc) is 2.35. The number of anilines is 1. The Morgan fingerprint density at radius 1 is 1.53 bits per heavy atom. The van der Waals surface area contributed by atoms with Crippen LogP contribution >= 0.6 is 0 Å². The summed E-state index contributed by atoms with van der Waals surface area (Å²) in [6.07, 6.45) is 4.09. The highest BCUT2D eigenvalue weighted by Crippen LogP contribution is 2.12. The van der Waals surface area contributed by atoms with E-state index in [2.05, 4.69) is 15.6 Å². The second-order valence-electron chi connectivity index (χ2n) is 3.55. The van der Waals surface area contributed by atoms with Gasteiger partial charge in [0.15, 0.2) is 0 Å². The highest BCUT2D eigenvalue weighted by molar-refractivity contribution is 5.99. The monoisotopic (exact) mass is 237 g/mol. The second-order valence-corrected chi connectivity index (χ2v) is 3.55. The topological polar surface area (TPSA) is 63.2 Å². The molecular formula is C12H19N3O2. The molecule has 1 aromatic rings. The number of aromatic nitrogens is 1. The summed E-state index contributed by atoms with van der Waals surface area (Å²) in [7, 11) is 1.65. The van der Waals surface area contributed by atoms with Gasteiger partial charge < -0.3 is 15.4 Å². The molecule has 0 saturated carbocycles. The summed E-state index contributed by atoms with van der Waals surface area (Å²) < 4.78 is 4.92. The van der Waals surface area contributed by atoms with Gasteiger partial charge in [-0.2, -0.15) is 0 Å². The number of nitrogens with zero attached hydrogens (tertiary/aromatic N) is 1. The van der Waals surface area contributed by atoms with Crippen molar-refractivity contribution in [3.05, 3.63) is 24.0 Å². The average molecular weight is 237 g/mol. The molecule has 2 N–H and O–H groups in total. The van der Waals surface area contributed by atoms with Gasteiger partial charge in [0.2, 0.25) is 0 Å². The van der Waals surface area contributed by atoms with Gasteiger partial charge >= 0.3 is 0 Å². The maximum Gasteiger partial charge on any atom is 0.253 e. The van der Waals surface area contributed by atoms with Gasteiger partial charge in [-0.05, 0) is 19.4 Å². The second kappa shape index (κ2) is 7.62. The minimum atomic E-state index is -0.0838. The van der Waals surface area contributed by atoms with Crippen LogP contribution in [-0.2, 0) is 4.74 Å². The Bertz CT molecular complexity index is 355. The Balaban J connectivity index is 2.55. The van der Waals surface area contributed by atoms with Crippen molar-refractivity contribution in [2.45, 2.75) is 13.3 Å².